The van der Waals surface area contributed by atoms with Crippen molar-refractivity contribution in [2.45, 2.75) is 12.8 Å². The van der Waals surface area contributed by atoms with E-state index in [1.165, 1.54) is 11.3 Å². The van der Waals surface area contributed by atoms with Gasteiger partial charge in [-0.05, 0) is 25.0 Å². The maximum Gasteiger partial charge on any atom is 0.293 e. The summed E-state index contributed by atoms with van der Waals surface area (Å²) < 4.78 is 1.01. The maximum absolute atomic E-state index is 11.5. The topological polar surface area (TPSA) is 79.3 Å². The highest BCUT2D eigenvalue weighted by molar-refractivity contribution is 9.10. The molecule has 2 amide bonds. The van der Waals surface area contributed by atoms with Gasteiger partial charge in [0.15, 0.2) is 5.76 Å². The van der Waals surface area contributed by atoms with Gasteiger partial charge in [-0.25, -0.2) is 4.98 Å². The Hall–Kier alpha value is -1.99. The molecule has 0 bridgehead atoms. The molecule has 2 aromatic rings. The fourth-order valence-corrected chi connectivity index (χ4v) is 3.24. The molecule has 0 radical (unpaired) electrons. The summed E-state index contributed by atoms with van der Waals surface area (Å²) in [6.07, 6.45) is 0.778. The SMILES string of the molecule is O=C1NC(=O)C(CCc2csc(-c3ccc(Br)cc3)n2)=C1O. The number of halogens is 1. The zero-order valence-corrected chi connectivity index (χ0v) is 13.7. The highest BCUT2D eigenvalue weighted by Crippen LogP contribution is 2.26. The van der Waals surface area contributed by atoms with Gasteiger partial charge >= 0.3 is 0 Å². The summed E-state index contributed by atoms with van der Waals surface area (Å²) in [7, 11) is 0. The van der Waals surface area contributed by atoms with Crippen molar-refractivity contribution in [3.8, 4) is 10.6 Å². The molecule has 22 heavy (non-hydrogen) atoms. The van der Waals surface area contributed by atoms with Crippen LogP contribution in [-0.2, 0) is 16.0 Å². The second-order valence-corrected chi connectivity index (χ2v) is 6.54. The second-order valence-electron chi connectivity index (χ2n) is 4.76. The molecule has 5 nitrogen and oxygen atoms in total. The number of aryl methyl sites for hydroxylation is 1. The monoisotopic (exact) mass is 378 g/mol. The Labute approximate surface area is 138 Å². The van der Waals surface area contributed by atoms with Gasteiger partial charge in [0, 0.05) is 15.4 Å². The van der Waals surface area contributed by atoms with Crippen molar-refractivity contribution in [2.24, 2.45) is 0 Å². The minimum Gasteiger partial charge on any atom is -0.503 e. The van der Waals surface area contributed by atoms with Crippen LogP contribution in [0.5, 0.6) is 0 Å². The van der Waals surface area contributed by atoms with Crippen LogP contribution >= 0.6 is 27.3 Å². The summed E-state index contributed by atoms with van der Waals surface area (Å²) in [4.78, 5) is 27.2. The number of imide groups is 1. The second kappa shape index (κ2) is 6.02. The molecule has 1 aromatic heterocycles. The molecule has 0 spiro atoms. The van der Waals surface area contributed by atoms with E-state index in [9.17, 15) is 14.7 Å². The average Bonchev–Trinajstić information content (AvgIpc) is 3.05. The van der Waals surface area contributed by atoms with Crippen molar-refractivity contribution >= 4 is 39.1 Å². The average molecular weight is 379 g/mol. The summed E-state index contributed by atoms with van der Waals surface area (Å²) >= 11 is 4.91. The highest BCUT2D eigenvalue weighted by Gasteiger charge is 2.29. The van der Waals surface area contributed by atoms with Crippen molar-refractivity contribution in [2.75, 3.05) is 0 Å². The van der Waals surface area contributed by atoms with Crippen LogP contribution in [0.15, 0.2) is 45.5 Å². The molecule has 0 atom stereocenters. The van der Waals surface area contributed by atoms with Crippen LogP contribution in [0.3, 0.4) is 0 Å². The van der Waals surface area contributed by atoms with Gasteiger partial charge in [-0.1, -0.05) is 28.1 Å². The fraction of sp³-hybridized carbons (Fsp3) is 0.133. The summed E-state index contributed by atoms with van der Waals surface area (Å²) in [6, 6.07) is 7.86. The number of aliphatic hydroxyl groups is 1. The third kappa shape index (κ3) is 2.95. The van der Waals surface area contributed by atoms with Gasteiger partial charge in [0.1, 0.15) is 5.01 Å². The van der Waals surface area contributed by atoms with Crippen LogP contribution < -0.4 is 5.32 Å². The van der Waals surface area contributed by atoms with Crippen molar-refractivity contribution in [1.82, 2.24) is 10.3 Å². The molecule has 2 heterocycles. The first-order chi connectivity index (χ1) is 10.5. The van der Waals surface area contributed by atoms with E-state index in [1.807, 2.05) is 29.6 Å². The van der Waals surface area contributed by atoms with E-state index in [1.54, 1.807) is 0 Å². The van der Waals surface area contributed by atoms with Gasteiger partial charge in [0.05, 0.1) is 11.3 Å². The lowest BCUT2D eigenvalue weighted by atomic mass is 10.1. The van der Waals surface area contributed by atoms with Crippen LogP contribution in [0.1, 0.15) is 12.1 Å². The summed E-state index contributed by atoms with van der Waals surface area (Å²) in [5.41, 5.74) is 1.98. The molecular weight excluding hydrogens is 368 g/mol. The summed E-state index contributed by atoms with van der Waals surface area (Å²) in [6.45, 7) is 0. The number of aliphatic hydroxyl groups excluding tert-OH is 1. The molecular formula is C15H11BrN2O3S. The Balaban J connectivity index is 1.71. The van der Waals surface area contributed by atoms with Crippen LogP contribution in [0, 0.1) is 0 Å². The Morgan fingerprint density at radius 3 is 2.50 bits per heavy atom. The number of carbonyl (C=O) groups is 2. The number of hydrogen-bond donors (Lipinski definition) is 2. The van der Waals surface area contributed by atoms with E-state index < -0.39 is 17.6 Å². The first-order valence-electron chi connectivity index (χ1n) is 6.53. The minimum atomic E-state index is -0.728. The van der Waals surface area contributed by atoms with Crippen LogP contribution in [-0.4, -0.2) is 21.9 Å². The summed E-state index contributed by atoms with van der Waals surface area (Å²) in [5.74, 6) is -1.73. The Bertz CT molecular complexity index is 780. The molecule has 1 aliphatic heterocycles. The largest absolute Gasteiger partial charge is 0.503 e. The number of hydrogen-bond acceptors (Lipinski definition) is 5. The Morgan fingerprint density at radius 1 is 1.14 bits per heavy atom. The van der Waals surface area contributed by atoms with Gasteiger partial charge in [0.25, 0.3) is 11.8 Å². The van der Waals surface area contributed by atoms with Crippen molar-refractivity contribution < 1.29 is 14.7 Å². The number of benzene rings is 1. The van der Waals surface area contributed by atoms with Gasteiger partial charge in [-0.2, -0.15) is 0 Å². The van der Waals surface area contributed by atoms with Crippen molar-refractivity contribution in [3.63, 3.8) is 0 Å². The fourth-order valence-electron chi connectivity index (χ4n) is 2.11. The van der Waals surface area contributed by atoms with E-state index in [0.29, 0.717) is 6.42 Å². The first kappa shape index (κ1) is 14.9. The molecule has 0 saturated heterocycles. The lowest BCUT2D eigenvalue weighted by Gasteiger charge is -1.98. The molecule has 0 aliphatic carbocycles. The smallest absolute Gasteiger partial charge is 0.293 e. The molecule has 1 aliphatic rings. The van der Waals surface area contributed by atoms with E-state index >= 15 is 0 Å². The number of carbonyl (C=O) groups excluding carboxylic acids is 2. The van der Waals surface area contributed by atoms with Gasteiger partial charge < -0.3 is 5.11 Å². The third-order valence-corrected chi connectivity index (χ3v) is 4.74. The molecule has 0 unspecified atom stereocenters. The number of aromatic nitrogens is 1. The number of nitrogens with zero attached hydrogens (tertiary/aromatic N) is 1. The van der Waals surface area contributed by atoms with Crippen LogP contribution in [0.2, 0.25) is 0 Å². The standard InChI is InChI=1S/C15H11BrN2O3S/c16-9-3-1-8(2-4-9)15-17-10(7-22-15)5-6-11-12(19)14(21)18-13(11)20/h1-4,7H,5-6H2,(H2,18,19,20,21). The van der Waals surface area contributed by atoms with E-state index in [4.69, 9.17) is 0 Å². The van der Waals surface area contributed by atoms with E-state index in [-0.39, 0.29) is 12.0 Å². The van der Waals surface area contributed by atoms with E-state index in [2.05, 4.69) is 26.2 Å². The quantitative estimate of drug-likeness (QED) is 0.801. The number of thiazole rings is 1. The van der Waals surface area contributed by atoms with E-state index in [0.717, 1.165) is 20.7 Å². The van der Waals surface area contributed by atoms with Gasteiger partial charge in [0.2, 0.25) is 0 Å². The van der Waals surface area contributed by atoms with Crippen molar-refractivity contribution in [3.05, 3.63) is 51.1 Å². The lowest BCUT2D eigenvalue weighted by molar-refractivity contribution is -0.125. The highest BCUT2D eigenvalue weighted by atomic mass is 79.9. The Kier molecular flexibility index (Phi) is 4.08. The molecule has 0 fully saturated rings. The molecule has 1 aromatic carbocycles. The lowest BCUT2D eigenvalue weighted by Crippen LogP contribution is -2.23. The molecule has 3 rings (SSSR count). The zero-order valence-electron chi connectivity index (χ0n) is 11.3. The van der Waals surface area contributed by atoms with Gasteiger partial charge in [-0.15, -0.1) is 11.3 Å². The predicted octanol–water partition coefficient (Wildman–Crippen LogP) is 2.97. The predicted molar refractivity (Wildman–Crippen MR) is 86.4 cm³/mol. The molecule has 0 saturated carbocycles. The van der Waals surface area contributed by atoms with Crippen LogP contribution in [0.4, 0.5) is 0 Å². The molecule has 112 valence electrons. The number of nitrogens with one attached hydrogen (secondary N) is 1. The van der Waals surface area contributed by atoms with Gasteiger partial charge in [-0.3, -0.25) is 14.9 Å². The number of amides is 2. The Morgan fingerprint density at radius 2 is 1.86 bits per heavy atom. The summed E-state index contributed by atoms with van der Waals surface area (Å²) in [5, 5.41) is 14.4. The molecule has 2 N–H and O–H groups in total. The minimum absolute atomic E-state index is 0.128. The van der Waals surface area contributed by atoms with Crippen LogP contribution in [0.25, 0.3) is 10.6 Å². The maximum atomic E-state index is 11.5. The first-order valence-corrected chi connectivity index (χ1v) is 8.20. The number of rotatable bonds is 4. The van der Waals surface area contributed by atoms with Crippen molar-refractivity contribution in [1.29, 1.82) is 0 Å². The third-order valence-electron chi connectivity index (χ3n) is 3.28. The normalized spacial score (nSPS) is 14.6. The zero-order chi connectivity index (χ0) is 15.7. The molecule has 7 heteroatoms.